The molecule has 0 N–H and O–H groups in total. The van der Waals surface area contributed by atoms with Crippen LogP contribution in [0.5, 0.6) is 0 Å². The van der Waals surface area contributed by atoms with Crippen LogP contribution in [0, 0.1) is 0 Å². The van der Waals surface area contributed by atoms with E-state index < -0.39 is 0 Å². The number of rotatable bonds is 5. The number of benzene rings is 1. The van der Waals surface area contributed by atoms with Gasteiger partial charge in [-0.3, -0.25) is 4.79 Å². The van der Waals surface area contributed by atoms with E-state index in [1.807, 2.05) is 4.90 Å². The van der Waals surface area contributed by atoms with Gasteiger partial charge in [0, 0.05) is 29.6 Å². The van der Waals surface area contributed by atoms with Gasteiger partial charge in [0.15, 0.2) is 11.0 Å². The van der Waals surface area contributed by atoms with E-state index in [4.69, 9.17) is 0 Å². The summed E-state index contributed by atoms with van der Waals surface area (Å²) < 4.78 is 4.68. The molecule has 0 bridgehead atoms. The fraction of sp³-hybridized carbons (Fsp3) is 0.235. The number of amidine groups is 1. The fourth-order valence-electron chi connectivity index (χ4n) is 2.03. The van der Waals surface area contributed by atoms with Gasteiger partial charge in [0.05, 0.1) is 12.8 Å². The molecule has 1 aliphatic rings. The first-order valence-electron chi connectivity index (χ1n) is 7.04. The molecule has 1 aromatic rings. The third kappa shape index (κ3) is 4.32. The van der Waals surface area contributed by atoms with Gasteiger partial charge in [0.25, 0.3) is 0 Å². The number of thioether (sulfide) groups is 1. The third-order valence-electron chi connectivity index (χ3n) is 3.22. The quantitative estimate of drug-likeness (QED) is 0.359. The minimum Gasteiger partial charge on any atom is -0.466 e. The molecular formula is C17H18N2O3S. The molecule has 0 amide bonds. The second-order valence-corrected chi connectivity index (χ2v) is 5.79. The number of aliphatic imine (C=N–C) groups is 1. The van der Waals surface area contributed by atoms with Crippen LogP contribution in [-0.4, -0.2) is 41.2 Å². The van der Waals surface area contributed by atoms with Crippen molar-refractivity contribution < 1.29 is 14.3 Å². The van der Waals surface area contributed by atoms with E-state index >= 15 is 0 Å². The lowest BCUT2D eigenvalue weighted by Gasteiger charge is -2.17. The molecule has 6 heteroatoms. The summed E-state index contributed by atoms with van der Waals surface area (Å²) in [5, 5.41) is 0.788. The lowest BCUT2D eigenvalue weighted by atomic mass is 10.1. The number of hydrogen-bond donors (Lipinski definition) is 0. The summed E-state index contributed by atoms with van der Waals surface area (Å²) in [7, 11) is 1.35. The van der Waals surface area contributed by atoms with Crippen molar-refractivity contribution in [3.8, 4) is 0 Å². The molecule has 23 heavy (non-hydrogen) atoms. The second kappa shape index (κ2) is 7.78. The van der Waals surface area contributed by atoms with E-state index in [9.17, 15) is 9.59 Å². The lowest BCUT2D eigenvalue weighted by Crippen LogP contribution is -2.23. The average Bonchev–Trinajstić information content (AvgIpc) is 2.90. The van der Waals surface area contributed by atoms with E-state index in [-0.39, 0.29) is 11.8 Å². The van der Waals surface area contributed by atoms with Crippen LogP contribution in [0.15, 0.2) is 53.7 Å². The zero-order valence-corrected chi connectivity index (χ0v) is 13.9. The van der Waals surface area contributed by atoms with Gasteiger partial charge in [0.2, 0.25) is 0 Å². The van der Waals surface area contributed by atoms with Gasteiger partial charge in [-0.2, -0.15) is 0 Å². The zero-order valence-electron chi connectivity index (χ0n) is 13.1. The van der Waals surface area contributed by atoms with Gasteiger partial charge in [-0.1, -0.05) is 17.8 Å². The number of nitrogens with zero attached hydrogens (tertiary/aromatic N) is 2. The van der Waals surface area contributed by atoms with Gasteiger partial charge in [-0.05, 0) is 31.2 Å². The molecule has 0 atom stereocenters. The molecule has 0 radical (unpaired) electrons. The summed E-state index contributed by atoms with van der Waals surface area (Å²) in [6, 6.07) is 7.12. The lowest BCUT2D eigenvalue weighted by molar-refractivity contribution is -0.134. The number of methoxy groups -OCH3 is 1. The molecule has 1 saturated heterocycles. The Morgan fingerprint density at radius 2 is 2.09 bits per heavy atom. The van der Waals surface area contributed by atoms with Crippen LogP contribution in [0.25, 0.3) is 0 Å². The number of ether oxygens (including phenoxy) is 1. The molecule has 5 nitrogen and oxygen atoms in total. The number of hydrogen-bond acceptors (Lipinski definition) is 5. The van der Waals surface area contributed by atoms with Crippen LogP contribution in [0.1, 0.15) is 17.3 Å². The van der Waals surface area contributed by atoms with E-state index in [1.54, 1.807) is 42.1 Å². The Kier molecular flexibility index (Phi) is 5.76. The Bertz CT molecular complexity index is 678. The van der Waals surface area contributed by atoms with Crippen molar-refractivity contribution >= 4 is 34.4 Å². The van der Waals surface area contributed by atoms with Gasteiger partial charge in [-0.15, -0.1) is 6.58 Å². The first kappa shape index (κ1) is 17.0. The standard InChI is InChI=1S/C17H18N2O3S/c1-4-9-19-15(10-16(21)22-3)11-23-17(19)18-14-7-5-13(6-8-14)12(2)20/h4-8,10H,1,9,11H2,2-3H3. The van der Waals surface area contributed by atoms with Crippen molar-refractivity contribution in [2.24, 2.45) is 4.99 Å². The Morgan fingerprint density at radius 1 is 1.39 bits per heavy atom. The first-order valence-corrected chi connectivity index (χ1v) is 8.03. The minimum atomic E-state index is -0.387. The van der Waals surface area contributed by atoms with E-state index in [0.717, 1.165) is 16.6 Å². The van der Waals surface area contributed by atoms with E-state index in [2.05, 4.69) is 16.3 Å². The van der Waals surface area contributed by atoms with Crippen LogP contribution < -0.4 is 0 Å². The maximum atomic E-state index is 11.5. The number of carbonyl (C=O) groups is 2. The predicted molar refractivity (Wildman–Crippen MR) is 93.0 cm³/mol. The molecule has 1 aliphatic heterocycles. The highest BCUT2D eigenvalue weighted by Crippen LogP contribution is 2.29. The Balaban J connectivity index is 2.26. The first-order chi connectivity index (χ1) is 11.0. The van der Waals surface area contributed by atoms with Gasteiger partial charge < -0.3 is 9.64 Å². The molecule has 1 aromatic carbocycles. The monoisotopic (exact) mass is 330 g/mol. The smallest absolute Gasteiger partial charge is 0.332 e. The molecule has 0 aliphatic carbocycles. The fourth-order valence-corrected chi connectivity index (χ4v) is 3.06. The van der Waals surface area contributed by atoms with Gasteiger partial charge in [0.1, 0.15) is 0 Å². The number of Topliss-reactive ketones (excluding diaryl/α,β-unsaturated/α-hetero) is 1. The van der Waals surface area contributed by atoms with E-state index in [0.29, 0.717) is 17.9 Å². The second-order valence-electron chi connectivity index (χ2n) is 4.84. The zero-order chi connectivity index (χ0) is 16.8. The normalized spacial score (nSPS) is 17.6. The topological polar surface area (TPSA) is 59.0 Å². The Hall–Kier alpha value is -2.34. The van der Waals surface area contributed by atoms with Crippen molar-refractivity contribution in [1.82, 2.24) is 4.90 Å². The molecule has 0 saturated carbocycles. The molecule has 0 aromatic heterocycles. The van der Waals surface area contributed by atoms with Gasteiger partial charge in [-0.25, -0.2) is 9.79 Å². The third-order valence-corrected chi connectivity index (χ3v) is 4.23. The highest BCUT2D eigenvalue weighted by molar-refractivity contribution is 8.14. The summed E-state index contributed by atoms with van der Waals surface area (Å²) in [5.74, 6) is 0.283. The van der Waals surface area contributed by atoms with Crippen LogP contribution in [0.3, 0.4) is 0 Å². The van der Waals surface area contributed by atoms with E-state index in [1.165, 1.54) is 20.1 Å². The molecule has 0 unspecified atom stereocenters. The summed E-state index contributed by atoms with van der Waals surface area (Å²) in [6.07, 6.45) is 3.23. The molecule has 1 heterocycles. The predicted octanol–water partition coefficient (Wildman–Crippen LogP) is 3.17. The maximum absolute atomic E-state index is 11.5. The molecular weight excluding hydrogens is 312 g/mol. The molecule has 0 spiro atoms. The Morgan fingerprint density at radius 3 is 2.65 bits per heavy atom. The van der Waals surface area contributed by atoms with Crippen LogP contribution in [0.2, 0.25) is 0 Å². The van der Waals surface area contributed by atoms with Crippen molar-refractivity contribution in [2.45, 2.75) is 6.92 Å². The van der Waals surface area contributed by atoms with Crippen molar-refractivity contribution in [2.75, 3.05) is 19.4 Å². The number of carbonyl (C=O) groups excluding carboxylic acids is 2. The molecule has 1 fully saturated rings. The summed E-state index contributed by atoms with van der Waals surface area (Å²) in [4.78, 5) is 29.3. The van der Waals surface area contributed by atoms with Crippen molar-refractivity contribution in [3.63, 3.8) is 0 Å². The number of ketones is 1. The highest BCUT2D eigenvalue weighted by Gasteiger charge is 2.24. The van der Waals surface area contributed by atoms with Crippen LogP contribution in [0.4, 0.5) is 5.69 Å². The average molecular weight is 330 g/mol. The highest BCUT2D eigenvalue weighted by atomic mass is 32.2. The SMILES string of the molecule is C=CCN1C(=CC(=O)OC)CSC1=Nc1ccc(C(C)=O)cc1. The summed E-state index contributed by atoms with van der Waals surface area (Å²) >= 11 is 1.54. The largest absolute Gasteiger partial charge is 0.466 e. The van der Waals surface area contributed by atoms with Crippen LogP contribution >= 0.6 is 11.8 Å². The summed E-state index contributed by atoms with van der Waals surface area (Å²) in [6.45, 7) is 5.83. The Labute approximate surface area is 139 Å². The van der Waals surface area contributed by atoms with Crippen molar-refractivity contribution in [3.05, 3.63) is 54.3 Å². The maximum Gasteiger partial charge on any atom is 0.332 e. The number of esters is 1. The van der Waals surface area contributed by atoms with Gasteiger partial charge >= 0.3 is 5.97 Å². The summed E-state index contributed by atoms with van der Waals surface area (Å²) in [5.41, 5.74) is 2.24. The molecule has 2 rings (SSSR count). The van der Waals surface area contributed by atoms with Crippen molar-refractivity contribution in [1.29, 1.82) is 0 Å². The van der Waals surface area contributed by atoms with Crippen LogP contribution in [-0.2, 0) is 9.53 Å². The minimum absolute atomic E-state index is 0.0241. The molecule has 120 valence electrons.